The first-order valence-corrected chi connectivity index (χ1v) is 10.4. The summed E-state index contributed by atoms with van der Waals surface area (Å²) < 4.78 is 2.20. The molecule has 1 aromatic heterocycles. The van der Waals surface area contributed by atoms with Gasteiger partial charge in [0, 0.05) is 37.3 Å². The van der Waals surface area contributed by atoms with Crippen LogP contribution in [0.4, 0.5) is 0 Å². The van der Waals surface area contributed by atoms with Crippen molar-refractivity contribution in [1.82, 2.24) is 9.47 Å². The molecule has 27 heavy (non-hydrogen) atoms. The van der Waals surface area contributed by atoms with E-state index in [9.17, 15) is 4.79 Å². The fourth-order valence-electron chi connectivity index (χ4n) is 5.05. The van der Waals surface area contributed by atoms with Gasteiger partial charge in [-0.1, -0.05) is 18.9 Å². The molecule has 0 spiro atoms. The predicted molar refractivity (Wildman–Crippen MR) is 107 cm³/mol. The van der Waals surface area contributed by atoms with E-state index in [2.05, 4.69) is 28.7 Å². The maximum absolute atomic E-state index is 12.8. The third kappa shape index (κ3) is 3.74. The second kappa shape index (κ2) is 7.76. The molecule has 4 nitrogen and oxygen atoms in total. The van der Waals surface area contributed by atoms with E-state index in [0.29, 0.717) is 23.4 Å². The number of aryl methyl sites for hydroxylation is 2. The molecule has 2 heterocycles. The number of carbonyl (C=O) groups excluding carboxylic acids is 1. The van der Waals surface area contributed by atoms with Crippen LogP contribution in [0.25, 0.3) is 10.9 Å². The molecule has 4 rings (SSSR count). The van der Waals surface area contributed by atoms with Crippen LogP contribution in [0, 0.1) is 17.2 Å². The summed E-state index contributed by atoms with van der Waals surface area (Å²) in [5.74, 6) is 1.02. The number of rotatable bonds is 5. The smallest absolute Gasteiger partial charge is 0.223 e. The average Bonchev–Trinajstić information content (AvgIpc) is 3.41. The van der Waals surface area contributed by atoms with Crippen LogP contribution in [-0.2, 0) is 18.3 Å². The molecule has 0 radical (unpaired) electrons. The van der Waals surface area contributed by atoms with Crippen molar-refractivity contribution in [2.75, 3.05) is 6.54 Å². The van der Waals surface area contributed by atoms with Crippen LogP contribution in [0.15, 0.2) is 24.3 Å². The number of amides is 1. The molecule has 1 aliphatic heterocycles. The Morgan fingerprint density at radius 1 is 1.19 bits per heavy atom. The Balaban J connectivity index is 1.41. The van der Waals surface area contributed by atoms with E-state index in [1.54, 1.807) is 0 Å². The van der Waals surface area contributed by atoms with E-state index >= 15 is 0 Å². The monoisotopic (exact) mass is 363 g/mol. The third-order valence-corrected chi connectivity index (χ3v) is 6.64. The zero-order valence-electron chi connectivity index (χ0n) is 16.3. The quantitative estimate of drug-likeness (QED) is 0.782. The topological polar surface area (TPSA) is 49.0 Å². The molecular formula is C23H29N3O. The Hall–Kier alpha value is -2.28. The molecule has 4 heteroatoms. The van der Waals surface area contributed by atoms with Crippen molar-refractivity contribution >= 4 is 16.8 Å². The van der Waals surface area contributed by atoms with E-state index < -0.39 is 0 Å². The van der Waals surface area contributed by atoms with Gasteiger partial charge in [-0.2, -0.15) is 5.26 Å². The normalized spacial score (nSPS) is 20.4. The lowest BCUT2D eigenvalue weighted by molar-refractivity contribution is -0.133. The highest BCUT2D eigenvalue weighted by Crippen LogP contribution is 2.31. The molecule has 0 N–H and O–H groups in total. The summed E-state index contributed by atoms with van der Waals surface area (Å²) >= 11 is 0. The van der Waals surface area contributed by atoms with Crippen molar-refractivity contribution < 1.29 is 4.79 Å². The van der Waals surface area contributed by atoms with Gasteiger partial charge in [-0.05, 0) is 68.0 Å². The highest BCUT2D eigenvalue weighted by molar-refractivity contribution is 5.82. The lowest BCUT2D eigenvalue weighted by atomic mass is 10.0. The van der Waals surface area contributed by atoms with E-state index in [-0.39, 0.29) is 0 Å². The lowest BCUT2D eigenvalue weighted by Crippen LogP contribution is -2.36. The zero-order chi connectivity index (χ0) is 18.8. The van der Waals surface area contributed by atoms with Crippen molar-refractivity contribution in [3.63, 3.8) is 0 Å². The highest BCUT2D eigenvalue weighted by Gasteiger charge is 2.30. The van der Waals surface area contributed by atoms with Gasteiger partial charge in [0.2, 0.25) is 5.91 Å². The second-order valence-corrected chi connectivity index (χ2v) is 8.36. The summed E-state index contributed by atoms with van der Waals surface area (Å²) in [7, 11) is 2.08. The summed E-state index contributed by atoms with van der Waals surface area (Å²) in [6.07, 6.45) is 10.1. The summed E-state index contributed by atoms with van der Waals surface area (Å²) in [6, 6.07) is 10.7. The first-order valence-electron chi connectivity index (χ1n) is 10.4. The van der Waals surface area contributed by atoms with Crippen LogP contribution in [-0.4, -0.2) is 28.0 Å². The standard InChI is InChI=1S/C23H29N3O/c1-25-21(15-19-9-8-18(16-24)13-22(19)25)11-10-20-7-4-12-26(20)23(27)14-17-5-2-3-6-17/h8-9,13,15,17,20H,2-7,10-12,14H2,1H3/t20-/m0/s1. The van der Waals surface area contributed by atoms with Crippen LogP contribution < -0.4 is 0 Å². The molecule has 1 saturated heterocycles. The minimum absolute atomic E-state index is 0.389. The number of aromatic nitrogens is 1. The Morgan fingerprint density at radius 2 is 2.00 bits per heavy atom. The molecule has 142 valence electrons. The van der Waals surface area contributed by atoms with Gasteiger partial charge in [0.1, 0.15) is 0 Å². The van der Waals surface area contributed by atoms with E-state index in [4.69, 9.17) is 5.26 Å². The van der Waals surface area contributed by atoms with Gasteiger partial charge in [0.25, 0.3) is 0 Å². The predicted octanol–water partition coefficient (Wildman–Crippen LogP) is 4.55. The molecule has 1 aliphatic carbocycles. The summed E-state index contributed by atoms with van der Waals surface area (Å²) in [5, 5.41) is 10.3. The number of nitrogens with zero attached hydrogens (tertiary/aromatic N) is 3. The summed E-state index contributed by atoms with van der Waals surface area (Å²) in [4.78, 5) is 15.0. The fourth-order valence-corrected chi connectivity index (χ4v) is 5.05. The first-order chi connectivity index (χ1) is 13.2. The molecule has 1 atom stereocenters. The molecular weight excluding hydrogens is 334 g/mol. The van der Waals surface area contributed by atoms with Crippen molar-refractivity contribution in [1.29, 1.82) is 5.26 Å². The minimum Gasteiger partial charge on any atom is -0.348 e. The van der Waals surface area contributed by atoms with Gasteiger partial charge in [0.05, 0.1) is 11.6 Å². The Labute approximate surface area is 161 Å². The second-order valence-electron chi connectivity index (χ2n) is 8.36. The Bertz CT molecular complexity index is 870. The van der Waals surface area contributed by atoms with Crippen LogP contribution in [0.2, 0.25) is 0 Å². The first kappa shape index (κ1) is 18.1. The van der Waals surface area contributed by atoms with Gasteiger partial charge in [-0.15, -0.1) is 0 Å². The minimum atomic E-state index is 0.389. The number of likely N-dealkylation sites (tertiary alicyclic amines) is 1. The van der Waals surface area contributed by atoms with Crippen LogP contribution in [0.3, 0.4) is 0 Å². The third-order valence-electron chi connectivity index (χ3n) is 6.64. The number of hydrogen-bond donors (Lipinski definition) is 0. The van der Waals surface area contributed by atoms with Gasteiger partial charge in [0.15, 0.2) is 0 Å². The lowest BCUT2D eigenvalue weighted by Gasteiger charge is -2.26. The van der Waals surface area contributed by atoms with Crippen LogP contribution in [0.1, 0.15) is 62.6 Å². The molecule has 1 aromatic carbocycles. The van der Waals surface area contributed by atoms with E-state index in [1.807, 2.05) is 18.2 Å². The van der Waals surface area contributed by atoms with Crippen molar-refractivity contribution in [3.05, 3.63) is 35.5 Å². The Morgan fingerprint density at radius 3 is 2.78 bits per heavy atom. The number of fused-ring (bicyclic) bond motifs is 1. The van der Waals surface area contributed by atoms with Crippen molar-refractivity contribution in [3.8, 4) is 6.07 Å². The maximum atomic E-state index is 12.8. The number of benzene rings is 1. The van der Waals surface area contributed by atoms with Crippen molar-refractivity contribution in [2.24, 2.45) is 13.0 Å². The molecule has 1 amide bonds. The number of carbonyl (C=O) groups is 1. The summed E-state index contributed by atoms with van der Waals surface area (Å²) in [6.45, 7) is 0.941. The fraction of sp³-hybridized carbons (Fsp3) is 0.565. The van der Waals surface area contributed by atoms with Crippen LogP contribution >= 0.6 is 0 Å². The van der Waals surface area contributed by atoms with E-state index in [1.165, 1.54) is 36.8 Å². The summed E-state index contributed by atoms with van der Waals surface area (Å²) in [5.41, 5.74) is 3.11. The SMILES string of the molecule is Cn1c(CC[C@@H]2CCCN2C(=O)CC2CCCC2)cc2ccc(C#N)cc21. The van der Waals surface area contributed by atoms with E-state index in [0.717, 1.165) is 44.2 Å². The van der Waals surface area contributed by atoms with Crippen molar-refractivity contribution in [2.45, 2.75) is 63.8 Å². The number of nitriles is 1. The molecule has 1 saturated carbocycles. The largest absolute Gasteiger partial charge is 0.348 e. The van der Waals surface area contributed by atoms with Gasteiger partial charge in [-0.25, -0.2) is 0 Å². The molecule has 0 unspecified atom stereocenters. The van der Waals surface area contributed by atoms with Gasteiger partial charge < -0.3 is 9.47 Å². The van der Waals surface area contributed by atoms with Gasteiger partial charge in [-0.3, -0.25) is 4.79 Å². The molecule has 2 fully saturated rings. The Kier molecular flexibility index (Phi) is 5.20. The zero-order valence-corrected chi connectivity index (χ0v) is 16.3. The number of hydrogen-bond acceptors (Lipinski definition) is 2. The molecule has 0 bridgehead atoms. The molecule has 2 aromatic rings. The van der Waals surface area contributed by atoms with Crippen LogP contribution in [0.5, 0.6) is 0 Å². The molecule has 2 aliphatic rings. The average molecular weight is 364 g/mol. The van der Waals surface area contributed by atoms with Gasteiger partial charge >= 0.3 is 0 Å². The highest BCUT2D eigenvalue weighted by atomic mass is 16.2. The maximum Gasteiger partial charge on any atom is 0.223 e.